The SMILES string of the molecule is c1ccc(P2c3ccc[n+]4c3-n3c5c2cccc5c2ccc5c(c23)C42c3c(ccc4c6cccc7c6n(c34)-c3c(ccc[n+]32)P7c2ccccc2)O5)cc1. The fourth-order valence-corrected chi connectivity index (χ4v) is 16.2. The number of ether oxygens (including phenoxy) is 1. The summed E-state index contributed by atoms with van der Waals surface area (Å²) in [5.74, 6) is 4.37. The van der Waals surface area contributed by atoms with Crippen molar-refractivity contribution >= 4 is 91.3 Å². The molecule has 0 saturated carbocycles. The average molecular weight is 725 g/mol. The van der Waals surface area contributed by atoms with Crippen molar-refractivity contribution in [1.82, 2.24) is 9.13 Å². The second-order valence-corrected chi connectivity index (χ2v) is 19.3. The molecule has 4 aromatic heterocycles. The van der Waals surface area contributed by atoms with E-state index in [-0.39, 0.29) is 0 Å². The van der Waals surface area contributed by atoms with Gasteiger partial charge < -0.3 is 4.74 Å². The topological polar surface area (TPSA) is 26.8 Å². The fourth-order valence-electron chi connectivity index (χ4n) is 11.0. The largest absolute Gasteiger partial charge is 0.456 e. The van der Waals surface area contributed by atoms with Crippen molar-refractivity contribution < 1.29 is 13.9 Å². The number of hydrogen-bond donors (Lipinski definition) is 0. The Hall–Kier alpha value is -6.12. The summed E-state index contributed by atoms with van der Waals surface area (Å²) < 4.78 is 17.6. The Balaban J connectivity index is 1.23. The quantitative estimate of drug-likeness (QED) is 0.145. The second kappa shape index (κ2) is 8.97. The van der Waals surface area contributed by atoms with Crippen molar-refractivity contribution in [1.29, 1.82) is 0 Å². The lowest BCUT2D eigenvalue weighted by atomic mass is 9.81. The minimum Gasteiger partial charge on any atom is -0.456 e. The van der Waals surface area contributed by atoms with Crippen LogP contribution < -0.4 is 45.7 Å². The van der Waals surface area contributed by atoms with Crippen LogP contribution >= 0.6 is 15.8 Å². The Bertz CT molecular complexity index is 3210. The Morgan fingerprint density at radius 2 is 0.852 bits per heavy atom. The number of aromatic nitrogens is 4. The molecule has 5 nitrogen and oxygen atoms in total. The molecule has 7 heteroatoms. The number of fused-ring (bicyclic) bond motifs is 2. The Labute approximate surface area is 311 Å². The molecule has 248 valence electrons. The highest BCUT2D eigenvalue weighted by atomic mass is 31.1. The van der Waals surface area contributed by atoms with Crippen LogP contribution in [0, 0.1) is 0 Å². The maximum absolute atomic E-state index is 7.15. The van der Waals surface area contributed by atoms with Crippen LogP contribution in [0.1, 0.15) is 11.1 Å². The van der Waals surface area contributed by atoms with E-state index in [1.807, 2.05) is 0 Å². The molecule has 0 aliphatic carbocycles. The molecule has 5 aliphatic rings. The minimum atomic E-state index is -0.841. The van der Waals surface area contributed by atoms with E-state index >= 15 is 0 Å². The number of hydrogen-bond acceptors (Lipinski definition) is 1. The highest BCUT2D eigenvalue weighted by molar-refractivity contribution is 7.81. The number of pyridine rings is 2. The van der Waals surface area contributed by atoms with Crippen LogP contribution in [-0.2, 0) is 5.66 Å². The number of rotatable bonds is 2. The Kier molecular flexibility index (Phi) is 4.57. The van der Waals surface area contributed by atoms with Gasteiger partial charge in [0.05, 0.1) is 23.0 Å². The third-order valence-corrected chi connectivity index (χ3v) is 17.7. The van der Waals surface area contributed by atoms with E-state index in [4.69, 9.17) is 4.74 Å². The van der Waals surface area contributed by atoms with E-state index in [1.54, 1.807) is 0 Å². The molecule has 0 N–H and O–H groups in total. The van der Waals surface area contributed by atoms with Gasteiger partial charge in [0.25, 0.3) is 11.6 Å². The van der Waals surface area contributed by atoms with Gasteiger partial charge in [-0.3, -0.25) is 0 Å². The molecule has 10 aromatic rings. The van der Waals surface area contributed by atoms with E-state index in [0.29, 0.717) is 0 Å². The summed E-state index contributed by atoms with van der Waals surface area (Å²) in [6.07, 6.45) is 4.71. The van der Waals surface area contributed by atoms with Gasteiger partial charge >= 0.3 is 5.66 Å². The zero-order chi connectivity index (χ0) is 34.6. The van der Waals surface area contributed by atoms with E-state index in [1.165, 1.54) is 98.2 Å². The van der Waals surface area contributed by atoms with Gasteiger partial charge in [-0.1, -0.05) is 72.8 Å². The van der Waals surface area contributed by atoms with Crippen LogP contribution in [0.4, 0.5) is 0 Å². The van der Waals surface area contributed by atoms with Crippen LogP contribution in [0.5, 0.6) is 11.5 Å². The number of para-hydroxylation sites is 2. The summed E-state index contributed by atoms with van der Waals surface area (Å²) in [5.41, 5.74) is 6.83. The van der Waals surface area contributed by atoms with Gasteiger partial charge in [-0.2, -0.15) is 18.3 Å². The van der Waals surface area contributed by atoms with E-state index in [0.717, 1.165) is 11.5 Å². The van der Waals surface area contributed by atoms with Crippen LogP contribution in [0.2, 0.25) is 0 Å². The zero-order valence-corrected chi connectivity index (χ0v) is 30.4. The number of nitrogens with zero attached hydrogens (tertiary/aromatic N) is 4. The summed E-state index contributed by atoms with van der Waals surface area (Å²) in [6.45, 7) is 0. The van der Waals surface area contributed by atoms with E-state index < -0.39 is 21.5 Å². The van der Waals surface area contributed by atoms with Crippen molar-refractivity contribution in [3.05, 3.63) is 169 Å². The third kappa shape index (κ3) is 2.73. The number of benzene rings is 6. The summed E-state index contributed by atoms with van der Waals surface area (Å²) >= 11 is 0. The normalized spacial score (nSPS) is 19.7. The monoisotopic (exact) mass is 724 g/mol. The lowest BCUT2D eigenvalue weighted by Crippen LogP contribution is -2.80. The highest BCUT2D eigenvalue weighted by Gasteiger charge is 2.66. The minimum absolute atomic E-state index is 0.752. The third-order valence-electron chi connectivity index (χ3n) is 12.7. The first kappa shape index (κ1) is 27.5. The van der Waals surface area contributed by atoms with Crippen LogP contribution in [0.15, 0.2) is 158 Å². The molecule has 0 radical (unpaired) electrons. The average Bonchev–Trinajstić information content (AvgIpc) is 3.76. The van der Waals surface area contributed by atoms with Crippen LogP contribution in [0.3, 0.4) is 0 Å². The first-order valence-electron chi connectivity index (χ1n) is 18.5. The Morgan fingerprint density at radius 3 is 1.33 bits per heavy atom. The molecule has 1 spiro atoms. The Morgan fingerprint density at radius 1 is 0.407 bits per heavy atom. The van der Waals surface area contributed by atoms with Crippen molar-refractivity contribution in [2.75, 3.05) is 0 Å². The molecule has 9 heterocycles. The summed E-state index contributed by atoms with van der Waals surface area (Å²) in [6, 6.07) is 54.9. The second-order valence-electron chi connectivity index (χ2n) is 15.0. The molecule has 6 aromatic carbocycles. The van der Waals surface area contributed by atoms with Crippen LogP contribution in [-0.4, -0.2) is 9.13 Å². The van der Waals surface area contributed by atoms with Gasteiger partial charge in [-0.15, -0.1) is 0 Å². The maximum atomic E-state index is 7.15. The van der Waals surface area contributed by atoms with E-state index in [2.05, 4.69) is 176 Å². The summed E-state index contributed by atoms with van der Waals surface area (Å²) in [4.78, 5) is 0. The highest BCUT2D eigenvalue weighted by Crippen LogP contribution is 2.59. The maximum Gasteiger partial charge on any atom is 0.321 e. The van der Waals surface area contributed by atoms with Gasteiger partial charge in [0.2, 0.25) is 0 Å². The van der Waals surface area contributed by atoms with Gasteiger partial charge in [0.1, 0.15) is 33.7 Å². The summed E-state index contributed by atoms with van der Waals surface area (Å²) in [5, 5.41) is 13.5. The van der Waals surface area contributed by atoms with Crippen molar-refractivity contribution in [3.8, 4) is 23.1 Å². The predicted octanol–water partition coefficient (Wildman–Crippen LogP) is 6.63. The van der Waals surface area contributed by atoms with Gasteiger partial charge in [0, 0.05) is 48.0 Å². The first-order valence-corrected chi connectivity index (χ1v) is 21.2. The molecule has 0 saturated heterocycles. The molecule has 2 unspecified atom stereocenters. The summed E-state index contributed by atoms with van der Waals surface area (Å²) in [7, 11) is -1.68. The van der Waals surface area contributed by atoms with Gasteiger partial charge in [-0.05, 0) is 83.4 Å². The first-order chi connectivity index (χ1) is 26.8. The molecular weight excluding hydrogens is 698 g/mol. The van der Waals surface area contributed by atoms with Crippen molar-refractivity contribution in [2.24, 2.45) is 0 Å². The van der Waals surface area contributed by atoms with Crippen molar-refractivity contribution in [3.63, 3.8) is 0 Å². The van der Waals surface area contributed by atoms with E-state index in [9.17, 15) is 0 Å². The smallest absolute Gasteiger partial charge is 0.321 e. The molecule has 2 atom stereocenters. The molecule has 0 amide bonds. The molecule has 54 heavy (non-hydrogen) atoms. The molecule has 0 bridgehead atoms. The predicted molar refractivity (Wildman–Crippen MR) is 218 cm³/mol. The van der Waals surface area contributed by atoms with Gasteiger partial charge in [0.15, 0.2) is 11.0 Å². The molecular formula is C47H26N4OP2+2. The van der Waals surface area contributed by atoms with Crippen molar-refractivity contribution in [2.45, 2.75) is 5.66 Å². The zero-order valence-electron chi connectivity index (χ0n) is 28.6. The fraction of sp³-hybridized carbons (Fsp3) is 0.0213. The van der Waals surface area contributed by atoms with Crippen LogP contribution in [0.25, 0.3) is 55.2 Å². The standard InChI is InChI=1S/C47H26N4OP2/c1-3-11-27(12-4-1)53-35-17-7-15-29-31-21-23-33-39-43(31)50(41(29)35)45-37(53)19-9-25-48(45)47(39)40-34(52-33)24-22-32-30-16-8-18-36-42(30)51(44(32)40)46-38(20-10-26-49(46)47)54(36)28-13-5-2-6-14-28/h1-26H/q+2. The lowest BCUT2D eigenvalue weighted by Gasteiger charge is -2.43. The molecule has 15 rings (SSSR count). The molecule has 0 fully saturated rings. The molecule has 5 aliphatic heterocycles. The van der Waals surface area contributed by atoms with Gasteiger partial charge in [-0.25, -0.2) is 0 Å². The lowest BCUT2D eigenvalue weighted by molar-refractivity contribution is -0.967.